The molecule has 0 spiro atoms. The van der Waals surface area contributed by atoms with E-state index in [1.54, 1.807) is 0 Å². The van der Waals surface area contributed by atoms with Gasteiger partial charge in [0.15, 0.2) is 0 Å². The van der Waals surface area contributed by atoms with E-state index < -0.39 is 0 Å². The molecule has 5 heteroatoms. The van der Waals surface area contributed by atoms with Crippen molar-refractivity contribution in [1.29, 1.82) is 0 Å². The largest absolute Gasteiger partial charge is 0.490 e. The van der Waals surface area contributed by atoms with E-state index in [1.165, 1.54) is 26.2 Å². The van der Waals surface area contributed by atoms with Gasteiger partial charge in [0.2, 0.25) is 5.91 Å². The molecule has 0 saturated heterocycles. The molecule has 25 heavy (non-hydrogen) atoms. The molecule has 2 rings (SSSR count). The van der Waals surface area contributed by atoms with Gasteiger partial charge in [0.1, 0.15) is 5.75 Å². The summed E-state index contributed by atoms with van der Waals surface area (Å²) >= 11 is 0. The van der Waals surface area contributed by atoms with Crippen LogP contribution in [0.5, 0.6) is 5.75 Å². The number of ether oxygens (including phenoxy) is 1. The van der Waals surface area contributed by atoms with Crippen molar-refractivity contribution in [1.82, 2.24) is 9.55 Å². The zero-order valence-corrected chi connectivity index (χ0v) is 15.3. The van der Waals surface area contributed by atoms with Gasteiger partial charge in [0, 0.05) is 31.5 Å². The van der Waals surface area contributed by atoms with Gasteiger partial charge in [-0.3, -0.25) is 4.79 Å². The van der Waals surface area contributed by atoms with E-state index in [9.17, 15) is 4.79 Å². The third-order valence-electron chi connectivity index (χ3n) is 4.11. The molecule has 0 aliphatic carbocycles. The number of rotatable bonds is 11. The van der Waals surface area contributed by atoms with Crippen LogP contribution in [0.25, 0.3) is 0 Å². The van der Waals surface area contributed by atoms with Crippen LogP contribution < -0.4 is 10.1 Å². The highest BCUT2D eigenvalue weighted by molar-refractivity contribution is 5.88. The maximum Gasteiger partial charge on any atom is 0.221 e. The molecule has 0 bridgehead atoms. The van der Waals surface area contributed by atoms with Crippen molar-refractivity contribution in [2.75, 3.05) is 5.32 Å². The Morgan fingerprint density at radius 1 is 1.20 bits per heavy atom. The summed E-state index contributed by atoms with van der Waals surface area (Å²) in [6, 6.07) is 7.61. The normalized spacial score (nSPS) is 11.9. The molecule has 0 aliphatic heterocycles. The lowest BCUT2D eigenvalue weighted by molar-refractivity contribution is -0.114. The number of unbranched alkanes of at least 4 members (excludes halogenated alkanes) is 2. The lowest BCUT2D eigenvalue weighted by Gasteiger charge is -2.19. The molecule has 1 aromatic carbocycles. The molecule has 1 aromatic heterocycles. The Kier molecular flexibility index (Phi) is 8.02. The molecule has 1 unspecified atom stereocenters. The van der Waals surface area contributed by atoms with Crippen LogP contribution in [-0.4, -0.2) is 21.6 Å². The van der Waals surface area contributed by atoms with Crippen molar-refractivity contribution in [3.63, 3.8) is 0 Å². The third-order valence-corrected chi connectivity index (χ3v) is 4.11. The minimum atomic E-state index is -0.0642. The van der Waals surface area contributed by atoms with E-state index in [2.05, 4.69) is 21.8 Å². The second kappa shape index (κ2) is 10.5. The number of nitrogens with zero attached hydrogens (tertiary/aromatic N) is 2. The number of carbonyl (C=O) groups is 1. The molecule has 5 nitrogen and oxygen atoms in total. The smallest absolute Gasteiger partial charge is 0.221 e. The van der Waals surface area contributed by atoms with E-state index in [1.807, 2.05) is 43.0 Å². The number of anilines is 1. The molecule has 0 saturated carbocycles. The summed E-state index contributed by atoms with van der Waals surface area (Å²) < 4.78 is 8.31. The van der Waals surface area contributed by atoms with Gasteiger partial charge in [-0.1, -0.05) is 19.8 Å². The Morgan fingerprint density at radius 3 is 2.60 bits per heavy atom. The predicted octanol–water partition coefficient (Wildman–Crippen LogP) is 4.65. The SMILES string of the molecule is CCCCCC(CCCn1ccnc1)Oc1ccc(NC(C)=O)cc1. The first kappa shape index (κ1) is 19.0. The average Bonchev–Trinajstić information content (AvgIpc) is 3.09. The van der Waals surface area contributed by atoms with E-state index in [-0.39, 0.29) is 12.0 Å². The number of nitrogens with one attached hydrogen (secondary N) is 1. The predicted molar refractivity (Wildman–Crippen MR) is 101 cm³/mol. The Morgan fingerprint density at radius 2 is 1.96 bits per heavy atom. The van der Waals surface area contributed by atoms with Crippen LogP contribution in [0.1, 0.15) is 52.4 Å². The number of aromatic nitrogens is 2. The highest BCUT2D eigenvalue weighted by Gasteiger charge is 2.11. The lowest BCUT2D eigenvalue weighted by Crippen LogP contribution is -2.17. The maximum absolute atomic E-state index is 11.1. The van der Waals surface area contributed by atoms with Gasteiger partial charge in [-0.05, 0) is 49.9 Å². The van der Waals surface area contributed by atoms with Crippen LogP contribution >= 0.6 is 0 Å². The molecular weight excluding hydrogens is 314 g/mol. The fraction of sp³-hybridized carbons (Fsp3) is 0.500. The van der Waals surface area contributed by atoms with Crippen molar-refractivity contribution in [2.45, 2.75) is 65.0 Å². The number of hydrogen-bond donors (Lipinski definition) is 1. The van der Waals surface area contributed by atoms with Crippen molar-refractivity contribution in [3.05, 3.63) is 43.0 Å². The molecule has 0 aliphatic rings. The first-order chi connectivity index (χ1) is 12.2. The van der Waals surface area contributed by atoms with Gasteiger partial charge in [0.25, 0.3) is 0 Å². The van der Waals surface area contributed by atoms with Gasteiger partial charge in [-0.25, -0.2) is 4.98 Å². The van der Waals surface area contributed by atoms with Gasteiger partial charge in [0.05, 0.1) is 12.4 Å². The monoisotopic (exact) mass is 343 g/mol. The van der Waals surface area contributed by atoms with Crippen LogP contribution in [0.4, 0.5) is 5.69 Å². The Labute approximate surface area is 150 Å². The van der Waals surface area contributed by atoms with Crippen LogP contribution in [0.3, 0.4) is 0 Å². The van der Waals surface area contributed by atoms with E-state index in [0.717, 1.165) is 37.2 Å². The molecular formula is C20H29N3O2. The van der Waals surface area contributed by atoms with Gasteiger partial charge in [-0.2, -0.15) is 0 Å². The lowest BCUT2D eigenvalue weighted by atomic mass is 10.1. The Hall–Kier alpha value is -2.30. The first-order valence-corrected chi connectivity index (χ1v) is 9.17. The average molecular weight is 343 g/mol. The summed E-state index contributed by atoms with van der Waals surface area (Å²) in [5.41, 5.74) is 0.794. The Bertz CT molecular complexity index is 608. The van der Waals surface area contributed by atoms with Crippen LogP contribution in [0.15, 0.2) is 43.0 Å². The number of aryl methyl sites for hydroxylation is 1. The minimum absolute atomic E-state index is 0.0642. The molecule has 0 fully saturated rings. The maximum atomic E-state index is 11.1. The van der Waals surface area contributed by atoms with Gasteiger partial charge in [-0.15, -0.1) is 0 Å². The molecule has 136 valence electrons. The van der Waals surface area contributed by atoms with E-state index in [4.69, 9.17) is 4.74 Å². The molecule has 1 heterocycles. The zero-order valence-electron chi connectivity index (χ0n) is 15.3. The minimum Gasteiger partial charge on any atom is -0.490 e. The molecule has 1 amide bonds. The number of carbonyl (C=O) groups excluding carboxylic acids is 1. The van der Waals surface area contributed by atoms with Gasteiger partial charge >= 0.3 is 0 Å². The second-order valence-electron chi connectivity index (χ2n) is 6.38. The number of benzene rings is 1. The first-order valence-electron chi connectivity index (χ1n) is 9.17. The standard InChI is InChI=1S/C20H29N3O2/c1-3-4-5-7-19(8-6-14-23-15-13-21-16-23)25-20-11-9-18(10-12-20)22-17(2)24/h9-13,15-16,19H,3-8,14H2,1-2H3,(H,22,24). The second-order valence-corrected chi connectivity index (χ2v) is 6.38. The van der Waals surface area contributed by atoms with Crippen molar-refractivity contribution < 1.29 is 9.53 Å². The fourth-order valence-corrected chi connectivity index (χ4v) is 2.82. The van der Waals surface area contributed by atoms with Crippen molar-refractivity contribution in [2.24, 2.45) is 0 Å². The highest BCUT2D eigenvalue weighted by atomic mass is 16.5. The fourth-order valence-electron chi connectivity index (χ4n) is 2.82. The molecule has 2 aromatic rings. The summed E-state index contributed by atoms with van der Waals surface area (Å²) in [5.74, 6) is 0.795. The Balaban J connectivity index is 1.86. The third kappa shape index (κ3) is 7.42. The van der Waals surface area contributed by atoms with E-state index >= 15 is 0 Å². The molecule has 1 atom stereocenters. The van der Waals surface area contributed by atoms with Crippen molar-refractivity contribution in [3.8, 4) is 5.75 Å². The number of amides is 1. The van der Waals surface area contributed by atoms with Gasteiger partial charge < -0.3 is 14.6 Å². The van der Waals surface area contributed by atoms with Crippen LogP contribution in [-0.2, 0) is 11.3 Å². The van der Waals surface area contributed by atoms with E-state index in [0.29, 0.717) is 0 Å². The van der Waals surface area contributed by atoms with Crippen LogP contribution in [0.2, 0.25) is 0 Å². The topological polar surface area (TPSA) is 56.1 Å². The molecule has 0 radical (unpaired) electrons. The van der Waals surface area contributed by atoms with Crippen LogP contribution in [0, 0.1) is 0 Å². The highest BCUT2D eigenvalue weighted by Crippen LogP contribution is 2.21. The van der Waals surface area contributed by atoms with Crippen molar-refractivity contribution >= 4 is 11.6 Å². The summed E-state index contributed by atoms with van der Waals surface area (Å²) in [6.07, 6.45) is 12.7. The number of imidazole rings is 1. The molecule has 1 N–H and O–H groups in total. The summed E-state index contributed by atoms with van der Waals surface area (Å²) in [7, 11) is 0. The zero-order chi connectivity index (χ0) is 17.9. The summed E-state index contributed by atoms with van der Waals surface area (Å²) in [5, 5.41) is 2.77. The summed E-state index contributed by atoms with van der Waals surface area (Å²) in [4.78, 5) is 15.2. The quantitative estimate of drug-likeness (QED) is 0.604. The number of hydrogen-bond acceptors (Lipinski definition) is 3. The summed E-state index contributed by atoms with van der Waals surface area (Å²) in [6.45, 7) is 4.69.